The maximum Gasteiger partial charge on any atom is 0.254 e. The number of rotatable bonds is 3. The van der Waals surface area contributed by atoms with E-state index in [0.717, 1.165) is 44.3 Å². The standard InChI is InChI=1S/C14H20N2O2S/c15-13-12(10-5-1-2-6-11(10)19-13)14(17)16-8-9-4-3-7-18-9/h9H,1-8,15H2,(H,16,17). The molecule has 0 aromatic carbocycles. The van der Waals surface area contributed by atoms with Crippen molar-refractivity contribution in [2.24, 2.45) is 0 Å². The number of anilines is 1. The minimum absolute atomic E-state index is 0.0209. The summed E-state index contributed by atoms with van der Waals surface area (Å²) in [4.78, 5) is 13.6. The summed E-state index contributed by atoms with van der Waals surface area (Å²) >= 11 is 1.59. The molecule has 1 aromatic rings. The first-order valence-corrected chi connectivity index (χ1v) is 7.87. The number of nitrogens with two attached hydrogens (primary N) is 1. The van der Waals surface area contributed by atoms with Crippen LogP contribution in [0.25, 0.3) is 0 Å². The van der Waals surface area contributed by atoms with Crippen molar-refractivity contribution in [3.05, 3.63) is 16.0 Å². The van der Waals surface area contributed by atoms with Crippen molar-refractivity contribution in [2.45, 2.75) is 44.6 Å². The molecule has 1 aliphatic carbocycles. The molecule has 1 fully saturated rings. The lowest BCUT2D eigenvalue weighted by Gasteiger charge is -2.14. The Morgan fingerprint density at radius 1 is 1.37 bits per heavy atom. The molecule has 1 aliphatic heterocycles. The monoisotopic (exact) mass is 280 g/mol. The van der Waals surface area contributed by atoms with E-state index in [1.54, 1.807) is 11.3 Å². The van der Waals surface area contributed by atoms with Crippen molar-refractivity contribution in [2.75, 3.05) is 18.9 Å². The van der Waals surface area contributed by atoms with Gasteiger partial charge in [-0.3, -0.25) is 4.79 Å². The fourth-order valence-corrected chi connectivity index (χ4v) is 4.09. The van der Waals surface area contributed by atoms with E-state index in [-0.39, 0.29) is 12.0 Å². The molecule has 0 radical (unpaired) electrons. The summed E-state index contributed by atoms with van der Waals surface area (Å²) in [5.74, 6) is -0.0209. The maximum absolute atomic E-state index is 12.3. The van der Waals surface area contributed by atoms with Gasteiger partial charge < -0.3 is 15.8 Å². The summed E-state index contributed by atoms with van der Waals surface area (Å²) in [6.07, 6.45) is 6.75. The smallest absolute Gasteiger partial charge is 0.254 e. The molecular formula is C14H20N2O2S. The molecule has 1 amide bonds. The van der Waals surface area contributed by atoms with Gasteiger partial charge in [0.2, 0.25) is 0 Å². The highest BCUT2D eigenvalue weighted by Gasteiger charge is 2.25. The van der Waals surface area contributed by atoms with E-state index in [0.29, 0.717) is 11.5 Å². The Morgan fingerprint density at radius 2 is 2.21 bits per heavy atom. The highest BCUT2D eigenvalue weighted by molar-refractivity contribution is 7.16. The van der Waals surface area contributed by atoms with E-state index < -0.39 is 0 Å². The molecule has 5 heteroatoms. The highest BCUT2D eigenvalue weighted by Crippen LogP contribution is 2.36. The summed E-state index contributed by atoms with van der Waals surface area (Å²) < 4.78 is 5.52. The van der Waals surface area contributed by atoms with E-state index in [2.05, 4.69) is 5.32 Å². The lowest BCUT2D eigenvalue weighted by molar-refractivity contribution is 0.0858. The molecule has 1 unspecified atom stereocenters. The summed E-state index contributed by atoms with van der Waals surface area (Å²) in [5, 5.41) is 3.66. The third kappa shape index (κ3) is 2.62. The number of carbonyl (C=O) groups excluding carboxylic acids is 1. The second-order valence-electron chi connectivity index (χ2n) is 5.30. The quantitative estimate of drug-likeness (QED) is 0.891. The number of hydrogen-bond donors (Lipinski definition) is 2. The molecule has 2 aliphatic rings. The topological polar surface area (TPSA) is 64.4 Å². The molecule has 1 atom stereocenters. The van der Waals surface area contributed by atoms with Gasteiger partial charge in [-0.2, -0.15) is 0 Å². The van der Waals surface area contributed by atoms with E-state index in [1.165, 1.54) is 16.9 Å². The molecule has 0 bridgehead atoms. The molecular weight excluding hydrogens is 260 g/mol. The van der Waals surface area contributed by atoms with Crippen molar-refractivity contribution in [3.63, 3.8) is 0 Å². The number of aryl methyl sites for hydroxylation is 1. The molecule has 1 aromatic heterocycles. The van der Waals surface area contributed by atoms with Gasteiger partial charge in [0.15, 0.2) is 0 Å². The first-order chi connectivity index (χ1) is 9.25. The molecule has 3 N–H and O–H groups in total. The number of nitrogens with one attached hydrogen (secondary N) is 1. The van der Waals surface area contributed by atoms with Gasteiger partial charge in [-0.05, 0) is 44.1 Å². The SMILES string of the molecule is Nc1sc2c(c1C(=O)NCC1CCCO1)CCCC2. The van der Waals surface area contributed by atoms with Crippen molar-refractivity contribution in [1.29, 1.82) is 0 Å². The van der Waals surface area contributed by atoms with Crippen LogP contribution in [-0.4, -0.2) is 25.2 Å². The molecule has 2 heterocycles. The Labute approximate surface area is 117 Å². The number of amides is 1. The summed E-state index contributed by atoms with van der Waals surface area (Å²) in [6, 6.07) is 0. The Balaban J connectivity index is 1.70. The van der Waals surface area contributed by atoms with Crippen molar-refractivity contribution >= 4 is 22.2 Å². The zero-order chi connectivity index (χ0) is 13.2. The Morgan fingerprint density at radius 3 is 3.00 bits per heavy atom. The van der Waals surface area contributed by atoms with E-state index in [9.17, 15) is 4.79 Å². The number of thiophene rings is 1. The predicted octanol–water partition coefficient (Wildman–Crippen LogP) is 2.12. The van der Waals surface area contributed by atoms with Crippen LogP contribution in [0.5, 0.6) is 0 Å². The van der Waals surface area contributed by atoms with Crippen LogP contribution in [0.2, 0.25) is 0 Å². The predicted molar refractivity (Wildman–Crippen MR) is 76.7 cm³/mol. The molecule has 0 saturated carbocycles. The second-order valence-corrected chi connectivity index (χ2v) is 6.43. The van der Waals surface area contributed by atoms with Gasteiger partial charge in [-0.25, -0.2) is 0 Å². The minimum atomic E-state index is -0.0209. The van der Waals surface area contributed by atoms with Gasteiger partial charge in [0.1, 0.15) is 0 Å². The van der Waals surface area contributed by atoms with Crippen LogP contribution in [0, 0.1) is 0 Å². The zero-order valence-corrected chi connectivity index (χ0v) is 11.9. The Kier molecular flexibility index (Phi) is 3.75. The minimum Gasteiger partial charge on any atom is -0.390 e. The van der Waals surface area contributed by atoms with Gasteiger partial charge in [-0.1, -0.05) is 0 Å². The van der Waals surface area contributed by atoms with Crippen LogP contribution in [0.4, 0.5) is 5.00 Å². The highest BCUT2D eigenvalue weighted by atomic mass is 32.1. The van der Waals surface area contributed by atoms with Crippen LogP contribution in [-0.2, 0) is 17.6 Å². The number of hydrogen-bond acceptors (Lipinski definition) is 4. The van der Waals surface area contributed by atoms with Gasteiger partial charge in [0.25, 0.3) is 5.91 Å². The maximum atomic E-state index is 12.3. The van der Waals surface area contributed by atoms with Crippen molar-refractivity contribution in [3.8, 4) is 0 Å². The van der Waals surface area contributed by atoms with Crippen LogP contribution >= 0.6 is 11.3 Å². The molecule has 1 saturated heterocycles. The van der Waals surface area contributed by atoms with Crippen LogP contribution in [0.1, 0.15) is 46.5 Å². The average molecular weight is 280 g/mol. The Bertz CT molecular complexity index is 478. The largest absolute Gasteiger partial charge is 0.390 e. The second kappa shape index (κ2) is 5.51. The van der Waals surface area contributed by atoms with Gasteiger partial charge in [0.05, 0.1) is 16.7 Å². The van der Waals surface area contributed by atoms with E-state index in [1.807, 2.05) is 0 Å². The third-order valence-corrected chi connectivity index (χ3v) is 5.06. The lowest BCUT2D eigenvalue weighted by atomic mass is 9.95. The van der Waals surface area contributed by atoms with Crippen LogP contribution in [0.3, 0.4) is 0 Å². The molecule has 104 valence electrons. The van der Waals surface area contributed by atoms with Crippen molar-refractivity contribution < 1.29 is 9.53 Å². The normalized spacial score (nSPS) is 22.2. The fourth-order valence-electron chi connectivity index (χ4n) is 2.94. The first kappa shape index (κ1) is 12.9. The molecule has 0 spiro atoms. The summed E-state index contributed by atoms with van der Waals surface area (Å²) in [5.41, 5.74) is 7.96. The summed E-state index contributed by atoms with van der Waals surface area (Å²) in [7, 11) is 0. The number of carbonyl (C=O) groups is 1. The first-order valence-electron chi connectivity index (χ1n) is 7.05. The molecule has 3 rings (SSSR count). The molecule has 19 heavy (non-hydrogen) atoms. The van der Waals surface area contributed by atoms with Gasteiger partial charge in [0, 0.05) is 18.0 Å². The van der Waals surface area contributed by atoms with Gasteiger partial charge in [-0.15, -0.1) is 11.3 Å². The van der Waals surface area contributed by atoms with Gasteiger partial charge >= 0.3 is 0 Å². The zero-order valence-electron chi connectivity index (χ0n) is 11.0. The number of ether oxygens (including phenoxy) is 1. The Hall–Kier alpha value is -1.07. The van der Waals surface area contributed by atoms with E-state index in [4.69, 9.17) is 10.5 Å². The van der Waals surface area contributed by atoms with E-state index >= 15 is 0 Å². The molecule has 4 nitrogen and oxygen atoms in total. The van der Waals surface area contributed by atoms with Crippen LogP contribution in [0.15, 0.2) is 0 Å². The van der Waals surface area contributed by atoms with Crippen LogP contribution < -0.4 is 11.1 Å². The van der Waals surface area contributed by atoms with Crippen molar-refractivity contribution in [1.82, 2.24) is 5.32 Å². The number of fused-ring (bicyclic) bond motifs is 1. The lowest BCUT2D eigenvalue weighted by Crippen LogP contribution is -2.32. The fraction of sp³-hybridized carbons (Fsp3) is 0.643. The summed E-state index contributed by atoms with van der Waals surface area (Å²) in [6.45, 7) is 1.42. The third-order valence-electron chi connectivity index (χ3n) is 3.94. The average Bonchev–Trinajstić information content (AvgIpc) is 3.02. The number of nitrogen functional groups attached to an aromatic ring is 1.